The number of hydrogen-bond acceptors (Lipinski definition) is 4. The molecule has 0 atom stereocenters. The van der Waals surface area contributed by atoms with Gasteiger partial charge in [-0.3, -0.25) is 0 Å². The van der Waals surface area contributed by atoms with Gasteiger partial charge in [-0.25, -0.2) is 0 Å². The van der Waals surface area contributed by atoms with E-state index >= 15 is 0 Å². The highest BCUT2D eigenvalue weighted by Crippen LogP contribution is 1.77. The van der Waals surface area contributed by atoms with Gasteiger partial charge in [-0.15, -0.1) is 0 Å². The van der Waals surface area contributed by atoms with Crippen LogP contribution in [0.5, 0.6) is 0 Å². The van der Waals surface area contributed by atoms with Crippen LogP contribution in [0.1, 0.15) is 13.3 Å². The summed E-state index contributed by atoms with van der Waals surface area (Å²) in [6.45, 7) is 2.02. The van der Waals surface area contributed by atoms with E-state index in [1.165, 1.54) is 6.21 Å². The van der Waals surface area contributed by atoms with Gasteiger partial charge in [0.05, 0.1) is 0 Å². The van der Waals surface area contributed by atoms with Crippen molar-refractivity contribution in [1.29, 1.82) is 0 Å². The molecule has 0 saturated carbocycles. The monoisotopic (exact) mass is 163 g/mol. The van der Waals surface area contributed by atoms with Crippen LogP contribution in [0.15, 0.2) is 5.16 Å². The van der Waals surface area contributed by atoms with Crippen LogP contribution in [0.25, 0.3) is 0 Å². The van der Waals surface area contributed by atoms with Gasteiger partial charge in [-0.2, -0.15) is 8.42 Å². The first kappa shape index (κ1) is 9.16. The molecule has 0 N–H and O–H groups in total. The Morgan fingerprint density at radius 3 is 2.80 bits per heavy atom. The van der Waals surface area contributed by atoms with E-state index in [1.54, 1.807) is 6.92 Å². The molecular formula is C5H9NO3S. The predicted molar refractivity (Wildman–Crippen MR) is 39.7 cm³/mol. The zero-order chi connectivity index (χ0) is 7.82. The molecule has 0 aliphatic carbocycles. The van der Waals surface area contributed by atoms with Crippen LogP contribution >= 0.6 is 0 Å². The summed E-state index contributed by atoms with van der Waals surface area (Å²) in [5.41, 5.74) is 0. The minimum Gasteiger partial charge on any atom is -0.396 e. The summed E-state index contributed by atoms with van der Waals surface area (Å²) in [6, 6.07) is 0. The van der Waals surface area contributed by atoms with E-state index in [0.29, 0.717) is 13.0 Å². The molecule has 5 heteroatoms. The Kier molecular flexibility index (Phi) is 5.75. The van der Waals surface area contributed by atoms with Crippen LogP contribution in [-0.2, 0) is 15.1 Å². The summed E-state index contributed by atoms with van der Waals surface area (Å²) in [5.74, 6) is 0. The standard InChI is InChI=1S/C5H9NO3S/c1-2-6-9-4-3-5-10(7)8/h2,5H,3-4H2,1H3. The molecule has 0 fully saturated rings. The van der Waals surface area contributed by atoms with Gasteiger partial charge in [0.1, 0.15) is 6.61 Å². The zero-order valence-corrected chi connectivity index (χ0v) is 6.47. The number of oxime groups is 1. The predicted octanol–water partition coefficient (Wildman–Crippen LogP) is 0.0801. The minimum absolute atomic E-state index is 0.304. The van der Waals surface area contributed by atoms with Crippen LogP contribution in [0.2, 0.25) is 0 Å². The number of rotatable bonds is 4. The number of nitrogens with zero attached hydrogens (tertiary/aromatic N) is 1. The van der Waals surface area contributed by atoms with Gasteiger partial charge in [0.2, 0.25) is 10.3 Å². The van der Waals surface area contributed by atoms with Crippen molar-refractivity contribution in [1.82, 2.24) is 0 Å². The molecule has 58 valence electrons. The first-order chi connectivity index (χ1) is 4.77. The Morgan fingerprint density at radius 2 is 2.30 bits per heavy atom. The van der Waals surface area contributed by atoms with Crippen molar-refractivity contribution in [3.63, 3.8) is 0 Å². The molecule has 4 nitrogen and oxygen atoms in total. The Labute approximate surface area is 61.0 Å². The van der Waals surface area contributed by atoms with Crippen LogP contribution in [-0.4, -0.2) is 26.6 Å². The van der Waals surface area contributed by atoms with Gasteiger partial charge in [0.25, 0.3) is 0 Å². The van der Waals surface area contributed by atoms with E-state index in [4.69, 9.17) is 0 Å². The van der Waals surface area contributed by atoms with E-state index in [2.05, 4.69) is 9.99 Å². The van der Waals surface area contributed by atoms with E-state index in [9.17, 15) is 8.42 Å². The van der Waals surface area contributed by atoms with Crippen LogP contribution in [0.4, 0.5) is 0 Å². The third kappa shape index (κ3) is 7.16. The molecule has 0 spiro atoms. The maximum atomic E-state index is 9.88. The molecule has 0 saturated heterocycles. The summed E-state index contributed by atoms with van der Waals surface area (Å²) in [6.07, 6.45) is 1.86. The van der Waals surface area contributed by atoms with Gasteiger partial charge in [-0.1, -0.05) is 5.16 Å². The van der Waals surface area contributed by atoms with Crippen molar-refractivity contribution in [2.75, 3.05) is 6.61 Å². The van der Waals surface area contributed by atoms with E-state index in [-0.39, 0.29) is 0 Å². The SMILES string of the molecule is CC=NOCCC=S(=O)=O. The highest BCUT2D eigenvalue weighted by atomic mass is 32.2. The second kappa shape index (κ2) is 6.28. The van der Waals surface area contributed by atoms with Crippen molar-refractivity contribution in [3.8, 4) is 0 Å². The largest absolute Gasteiger partial charge is 0.396 e. The summed E-state index contributed by atoms with van der Waals surface area (Å²) >= 11 is 0. The summed E-state index contributed by atoms with van der Waals surface area (Å²) < 4.78 is 19.8. The number of hydrogen-bond donors (Lipinski definition) is 0. The Bertz CT molecular complexity index is 209. The molecule has 0 bridgehead atoms. The zero-order valence-electron chi connectivity index (χ0n) is 5.65. The second-order valence-corrected chi connectivity index (χ2v) is 2.27. The lowest BCUT2D eigenvalue weighted by Gasteiger charge is -1.89. The lowest BCUT2D eigenvalue weighted by molar-refractivity contribution is 0.154. The average molecular weight is 163 g/mol. The third-order valence-electron chi connectivity index (χ3n) is 0.643. The Hall–Kier alpha value is -0.840. The topological polar surface area (TPSA) is 55.7 Å². The molecule has 0 aliphatic heterocycles. The lowest BCUT2D eigenvalue weighted by atomic mass is 10.5. The van der Waals surface area contributed by atoms with Crippen molar-refractivity contribution in [3.05, 3.63) is 0 Å². The van der Waals surface area contributed by atoms with Crippen LogP contribution in [0, 0.1) is 0 Å². The van der Waals surface area contributed by atoms with E-state index in [0.717, 1.165) is 5.37 Å². The summed E-state index contributed by atoms with van der Waals surface area (Å²) in [5, 5.41) is 4.55. The molecule has 0 aromatic rings. The molecule has 0 radical (unpaired) electrons. The smallest absolute Gasteiger partial charge is 0.210 e. The quantitative estimate of drug-likeness (QED) is 0.255. The van der Waals surface area contributed by atoms with Gasteiger partial charge in [0, 0.05) is 18.0 Å². The molecular weight excluding hydrogens is 154 g/mol. The molecule has 0 unspecified atom stereocenters. The fourth-order valence-corrected chi connectivity index (χ4v) is 0.613. The van der Waals surface area contributed by atoms with Gasteiger partial charge in [0.15, 0.2) is 0 Å². The second-order valence-electron chi connectivity index (χ2n) is 1.41. The first-order valence-electron chi connectivity index (χ1n) is 2.78. The Balaban J connectivity index is 3.30. The average Bonchev–Trinajstić information content (AvgIpc) is 1.87. The van der Waals surface area contributed by atoms with Gasteiger partial charge < -0.3 is 4.84 Å². The fourth-order valence-electron chi connectivity index (χ4n) is 0.324. The van der Waals surface area contributed by atoms with Crippen LogP contribution < -0.4 is 0 Å². The normalized spacial score (nSPS) is 9.70. The highest BCUT2D eigenvalue weighted by molar-refractivity contribution is 7.71. The van der Waals surface area contributed by atoms with Crippen molar-refractivity contribution >= 4 is 21.9 Å². The van der Waals surface area contributed by atoms with Crippen molar-refractivity contribution in [2.45, 2.75) is 13.3 Å². The third-order valence-corrected chi connectivity index (χ3v) is 1.15. The molecule has 0 aromatic heterocycles. The highest BCUT2D eigenvalue weighted by Gasteiger charge is 1.79. The molecule has 0 heterocycles. The first-order valence-corrected chi connectivity index (χ1v) is 3.92. The molecule has 0 amide bonds. The molecule has 0 rings (SSSR count). The van der Waals surface area contributed by atoms with E-state index < -0.39 is 10.3 Å². The lowest BCUT2D eigenvalue weighted by Crippen LogP contribution is -1.88. The molecule has 0 aromatic carbocycles. The maximum Gasteiger partial charge on any atom is 0.210 e. The van der Waals surface area contributed by atoms with E-state index in [1.807, 2.05) is 0 Å². The summed E-state index contributed by atoms with van der Waals surface area (Å²) in [7, 11) is -2.08. The van der Waals surface area contributed by atoms with Crippen molar-refractivity contribution in [2.24, 2.45) is 5.16 Å². The maximum absolute atomic E-state index is 9.88. The van der Waals surface area contributed by atoms with Gasteiger partial charge >= 0.3 is 0 Å². The summed E-state index contributed by atoms with van der Waals surface area (Å²) in [4.78, 5) is 4.60. The van der Waals surface area contributed by atoms with Gasteiger partial charge in [-0.05, 0) is 6.92 Å². The van der Waals surface area contributed by atoms with Crippen LogP contribution in [0.3, 0.4) is 0 Å². The molecule has 10 heavy (non-hydrogen) atoms. The fraction of sp³-hybridized carbons (Fsp3) is 0.600. The molecule has 0 aliphatic rings. The minimum atomic E-state index is -2.08. The van der Waals surface area contributed by atoms with Crippen molar-refractivity contribution < 1.29 is 13.3 Å². The Morgan fingerprint density at radius 1 is 1.60 bits per heavy atom.